The van der Waals surface area contributed by atoms with Crippen LogP contribution >= 0.6 is 11.6 Å². The normalized spacial score (nSPS) is 12.3. The molecular weight excluding hydrogens is 398 g/mol. The van der Waals surface area contributed by atoms with Crippen LogP contribution in [0.3, 0.4) is 0 Å². The van der Waals surface area contributed by atoms with Gasteiger partial charge in [-0.3, -0.25) is 0 Å². The van der Waals surface area contributed by atoms with Crippen LogP contribution in [0.1, 0.15) is 37.8 Å². The Morgan fingerprint density at radius 1 is 1.04 bits per heavy atom. The minimum atomic E-state index is -3.54. The minimum Gasteiger partial charge on any atom is -0.338 e. The van der Waals surface area contributed by atoms with Crippen molar-refractivity contribution in [3.63, 3.8) is 0 Å². The third-order valence-electron chi connectivity index (χ3n) is 4.19. The Labute approximate surface area is 170 Å². The maximum Gasteiger partial charge on any atom is 0.242 e. The molecule has 8 heteroatoms. The molecule has 0 amide bonds. The molecule has 0 aliphatic rings. The summed E-state index contributed by atoms with van der Waals surface area (Å²) in [6.45, 7) is 6.36. The van der Waals surface area contributed by atoms with Crippen molar-refractivity contribution in [3.8, 4) is 11.4 Å². The molecule has 2 aromatic carbocycles. The van der Waals surface area contributed by atoms with Crippen molar-refractivity contribution in [1.82, 2.24) is 14.9 Å². The van der Waals surface area contributed by atoms with Crippen LogP contribution in [-0.4, -0.2) is 18.6 Å². The zero-order chi connectivity index (χ0) is 20.4. The smallest absolute Gasteiger partial charge is 0.242 e. The molecule has 6 nitrogen and oxygen atoms in total. The first-order chi connectivity index (χ1) is 13.1. The van der Waals surface area contributed by atoms with Gasteiger partial charge in [0.1, 0.15) is 0 Å². The maximum atomic E-state index is 12.2. The van der Waals surface area contributed by atoms with Gasteiger partial charge >= 0.3 is 0 Å². The molecule has 0 spiro atoms. The van der Waals surface area contributed by atoms with E-state index < -0.39 is 10.0 Å². The number of sulfonamides is 1. The fraction of sp³-hybridized carbons (Fsp3) is 0.300. The molecule has 0 saturated carbocycles. The zero-order valence-electron chi connectivity index (χ0n) is 15.9. The van der Waals surface area contributed by atoms with E-state index in [1.165, 1.54) is 5.56 Å². The molecule has 1 heterocycles. The van der Waals surface area contributed by atoms with Crippen LogP contribution < -0.4 is 4.72 Å². The van der Waals surface area contributed by atoms with Crippen molar-refractivity contribution in [3.05, 3.63) is 70.6 Å². The number of halogens is 1. The van der Waals surface area contributed by atoms with E-state index in [1.807, 2.05) is 24.3 Å². The number of nitrogens with zero attached hydrogens (tertiary/aromatic N) is 2. The van der Waals surface area contributed by atoms with Crippen LogP contribution in [-0.2, 0) is 27.7 Å². The molecule has 1 aromatic heterocycles. The third-order valence-corrected chi connectivity index (χ3v) is 5.74. The molecule has 0 bridgehead atoms. The van der Waals surface area contributed by atoms with E-state index in [1.54, 1.807) is 24.3 Å². The van der Waals surface area contributed by atoms with Crippen LogP contribution in [0.25, 0.3) is 11.4 Å². The van der Waals surface area contributed by atoms with Gasteiger partial charge in [-0.2, -0.15) is 4.98 Å². The second-order valence-corrected chi connectivity index (χ2v) is 9.79. The molecule has 3 rings (SSSR count). The Kier molecular flexibility index (Phi) is 5.88. The summed E-state index contributed by atoms with van der Waals surface area (Å²) in [5.41, 5.74) is 2.72. The average Bonchev–Trinajstić information content (AvgIpc) is 3.10. The van der Waals surface area contributed by atoms with Crippen molar-refractivity contribution in [1.29, 1.82) is 0 Å². The second-order valence-electron chi connectivity index (χ2n) is 7.55. The van der Waals surface area contributed by atoms with Crippen LogP contribution in [0.2, 0.25) is 5.02 Å². The average molecular weight is 420 g/mol. The molecule has 0 aliphatic carbocycles. The second kappa shape index (κ2) is 8.03. The van der Waals surface area contributed by atoms with Crippen LogP contribution in [0.15, 0.2) is 53.1 Å². The van der Waals surface area contributed by atoms with Crippen molar-refractivity contribution in [2.75, 3.05) is 0 Å². The summed E-state index contributed by atoms with van der Waals surface area (Å²) < 4.78 is 32.1. The molecule has 3 aromatic rings. The van der Waals surface area contributed by atoms with Gasteiger partial charge in [-0.1, -0.05) is 73.9 Å². The lowest BCUT2D eigenvalue weighted by molar-refractivity contribution is 0.376. The topological polar surface area (TPSA) is 85.1 Å². The number of hydrogen-bond acceptors (Lipinski definition) is 5. The van der Waals surface area contributed by atoms with Gasteiger partial charge in [0, 0.05) is 10.6 Å². The van der Waals surface area contributed by atoms with Crippen LogP contribution in [0.4, 0.5) is 0 Å². The summed E-state index contributed by atoms with van der Waals surface area (Å²) in [5, 5.41) is 4.50. The van der Waals surface area contributed by atoms with Gasteiger partial charge in [0.05, 0.1) is 12.3 Å². The van der Waals surface area contributed by atoms with E-state index in [4.69, 9.17) is 16.1 Å². The lowest BCUT2D eigenvalue weighted by Gasteiger charge is -2.18. The van der Waals surface area contributed by atoms with Gasteiger partial charge in [0.2, 0.25) is 21.7 Å². The summed E-state index contributed by atoms with van der Waals surface area (Å²) in [5.74, 6) is 0.473. The summed E-state index contributed by atoms with van der Waals surface area (Å²) in [6.07, 6.45) is 0. The van der Waals surface area contributed by atoms with E-state index in [-0.39, 0.29) is 23.6 Å². The molecule has 0 atom stereocenters. The highest BCUT2D eigenvalue weighted by atomic mass is 35.5. The first-order valence-electron chi connectivity index (χ1n) is 8.78. The number of benzene rings is 2. The van der Waals surface area contributed by atoms with Gasteiger partial charge in [-0.15, -0.1) is 0 Å². The molecule has 0 aliphatic heterocycles. The number of aromatic nitrogens is 2. The van der Waals surface area contributed by atoms with E-state index in [2.05, 4.69) is 35.6 Å². The van der Waals surface area contributed by atoms with Gasteiger partial charge in [0.15, 0.2) is 0 Å². The predicted molar refractivity (Wildman–Crippen MR) is 109 cm³/mol. The molecule has 0 fully saturated rings. The highest BCUT2D eigenvalue weighted by molar-refractivity contribution is 7.88. The van der Waals surface area contributed by atoms with Gasteiger partial charge in [0.25, 0.3) is 0 Å². The first-order valence-corrected chi connectivity index (χ1v) is 10.8. The quantitative estimate of drug-likeness (QED) is 0.643. The largest absolute Gasteiger partial charge is 0.338 e. The van der Waals surface area contributed by atoms with Crippen LogP contribution in [0, 0.1) is 0 Å². The number of rotatable bonds is 6. The summed E-state index contributed by atoms with van der Waals surface area (Å²) in [4.78, 5) is 4.27. The molecule has 148 valence electrons. The SMILES string of the molecule is CC(C)(C)c1ccc(-c2noc(CNS(=O)(=O)Cc3ccc(Cl)cc3)n2)cc1. The minimum absolute atomic E-state index is 0.0588. The predicted octanol–water partition coefficient (Wildman–Crippen LogP) is 4.31. The number of nitrogens with one attached hydrogen (secondary N) is 1. The number of hydrogen-bond donors (Lipinski definition) is 1. The zero-order valence-corrected chi connectivity index (χ0v) is 17.5. The van der Waals surface area contributed by atoms with E-state index >= 15 is 0 Å². The maximum absolute atomic E-state index is 12.2. The molecular formula is C20H22ClN3O3S. The van der Waals surface area contributed by atoms with Gasteiger partial charge in [-0.05, 0) is 28.7 Å². The highest BCUT2D eigenvalue weighted by Gasteiger charge is 2.16. The summed E-state index contributed by atoms with van der Waals surface area (Å²) in [6, 6.07) is 14.6. The summed E-state index contributed by atoms with van der Waals surface area (Å²) >= 11 is 5.82. The fourth-order valence-electron chi connectivity index (χ4n) is 2.59. The molecule has 0 radical (unpaired) electrons. The van der Waals surface area contributed by atoms with E-state index in [0.29, 0.717) is 16.4 Å². The molecule has 1 N–H and O–H groups in total. The highest BCUT2D eigenvalue weighted by Crippen LogP contribution is 2.25. The summed E-state index contributed by atoms with van der Waals surface area (Å²) in [7, 11) is -3.54. The van der Waals surface area contributed by atoms with Crippen LogP contribution in [0.5, 0.6) is 0 Å². The Morgan fingerprint density at radius 2 is 1.68 bits per heavy atom. The Bertz CT molecular complexity index is 1040. The lowest BCUT2D eigenvalue weighted by Crippen LogP contribution is -2.24. The fourth-order valence-corrected chi connectivity index (χ4v) is 3.79. The van der Waals surface area contributed by atoms with Gasteiger partial charge in [-0.25, -0.2) is 13.1 Å². The lowest BCUT2D eigenvalue weighted by atomic mass is 9.87. The molecule has 0 unspecified atom stereocenters. The van der Waals surface area contributed by atoms with Crippen molar-refractivity contribution in [2.45, 2.75) is 38.5 Å². The van der Waals surface area contributed by atoms with Crippen molar-refractivity contribution < 1.29 is 12.9 Å². The Balaban J connectivity index is 1.63. The van der Waals surface area contributed by atoms with E-state index in [0.717, 1.165) is 5.56 Å². The third kappa shape index (κ3) is 5.41. The van der Waals surface area contributed by atoms with E-state index in [9.17, 15) is 8.42 Å². The molecule has 28 heavy (non-hydrogen) atoms. The van der Waals surface area contributed by atoms with Crippen molar-refractivity contribution >= 4 is 21.6 Å². The standard InChI is InChI=1S/C20H22ClN3O3S/c1-20(2,3)16-8-6-15(7-9-16)19-23-18(27-24-19)12-22-28(25,26)13-14-4-10-17(21)11-5-14/h4-11,22H,12-13H2,1-3H3. The Hall–Kier alpha value is -2.22. The van der Waals surface area contributed by atoms with Crippen molar-refractivity contribution in [2.24, 2.45) is 0 Å². The Morgan fingerprint density at radius 3 is 2.29 bits per heavy atom. The molecule has 0 saturated heterocycles. The van der Waals surface area contributed by atoms with Gasteiger partial charge < -0.3 is 4.52 Å². The first kappa shape index (κ1) is 20.5. The monoisotopic (exact) mass is 419 g/mol.